The molecule has 5 nitrogen and oxygen atoms in total. The van der Waals surface area contributed by atoms with Crippen LogP contribution in [0.3, 0.4) is 0 Å². The van der Waals surface area contributed by atoms with Gasteiger partial charge in [0.2, 0.25) is 0 Å². The van der Waals surface area contributed by atoms with E-state index in [4.69, 9.17) is 4.74 Å². The fourth-order valence-corrected chi connectivity index (χ4v) is 3.55. The Labute approximate surface area is 157 Å². The van der Waals surface area contributed by atoms with Crippen molar-refractivity contribution in [2.45, 2.75) is 12.8 Å². The molecule has 1 amide bonds. The smallest absolute Gasteiger partial charge is 0.306 e. The van der Waals surface area contributed by atoms with Crippen LogP contribution in [0.5, 0.6) is 0 Å². The topological polar surface area (TPSA) is 68.3 Å². The van der Waals surface area contributed by atoms with Crippen molar-refractivity contribution in [2.75, 3.05) is 11.9 Å². The number of rotatable bonds is 6. The van der Waals surface area contributed by atoms with Crippen molar-refractivity contribution in [1.82, 2.24) is 4.98 Å². The predicted octanol–water partition coefficient (Wildman–Crippen LogP) is 4.17. The highest BCUT2D eigenvalue weighted by atomic mass is 79.9. The summed E-state index contributed by atoms with van der Waals surface area (Å²) in [6.45, 7) is -0.306. The number of amides is 1. The molecule has 1 aromatic heterocycles. The number of esters is 1. The van der Waals surface area contributed by atoms with Gasteiger partial charge in [-0.1, -0.05) is 24.3 Å². The predicted molar refractivity (Wildman–Crippen MR) is 102 cm³/mol. The van der Waals surface area contributed by atoms with Crippen molar-refractivity contribution in [3.8, 4) is 0 Å². The fourth-order valence-electron chi connectivity index (χ4n) is 2.20. The molecule has 0 bridgehead atoms. The maximum atomic E-state index is 11.8. The summed E-state index contributed by atoms with van der Waals surface area (Å²) in [6, 6.07) is 15.1. The SMILES string of the molecule is O=C(COC(=O)CCc1nc2ccccc2s1)Nc1ccccc1Br. The van der Waals surface area contributed by atoms with Gasteiger partial charge in [0.05, 0.1) is 27.3 Å². The average molecular weight is 419 g/mol. The number of fused-ring (bicyclic) bond motifs is 1. The second-order valence-corrected chi connectivity index (χ2v) is 7.23. The number of aromatic nitrogens is 1. The standard InChI is InChI=1S/C18H15BrN2O3S/c19-12-5-1-2-6-13(12)20-16(22)11-24-18(23)10-9-17-21-14-7-3-4-8-15(14)25-17/h1-8H,9-11H2,(H,20,22). The maximum absolute atomic E-state index is 11.8. The summed E-state index contributed by atoms with van der Waals surface area (Å²) in [5.41, 5.74) is 1.57. The van der Waals surface area contributed by atoms with Crippen molar-refractivity contribution in [2.24, 2.45) is 0 Å². The number of benzene rings is 2. The van der Waals surface area contributed by atoms with Crippen LogP contribution in [0.15, 0.2) is 53.0 Å². The van der Waals surface area contributed by atoms with Crippen LogP contribution in [0, 0.1) is 0 Å². The summed E-state index contributed by atoms with van der Waals surface area (Å²) in [5, 5.41) is 3.57. The van der Waals surface area contributed by atoms with Gasteiger partial charge in [0.1, 0.15) is 0 Å². The van der Waals surface area contributed by atoms with Gasteiger partial charge in [0, 0.05) is 10.9 Å². The third-order valence-electron chi connectivity index (χ3n) is 3.39. The first-order valence-corrected chi connectivity index (χ1v) is 9.27. The van der Waals surface area contributed by atoms with E-state index in [9.17, 15) is 9.59 Å². The van der Waals surface area contributed by atoms with Crippen LogP contribution < -0.4 is 5.32 Å². The molecule has 0 radical (unpaired) electrons. The van der Waals surface area contributed by atoms with Crippen molar-refractivity contribution in [3.05, 3.63) is 58.0 Å². The second-order valence-electron chi connectivity index (χ2n) is 5.26. The molecular formula is C18H15BrN2O3S. The lowest BCUT2D eigenvalue weighted by Gasteiger charge is -2.07. The van der Waals surface area contributed by atoms with Crippen LogP contribution in [-0.4, -0.2) is 23.5 Å². The number of aryl methyl sites for hydroxylation is 1. The number of carbonyl (C=O) groups excluding carboxylic acids is 2. The van der Waals surface area contributed by atoms with E-state index in [1.54, 1.807) is 17.4 Å². The summed E-state index contributed by atoms with van der Waals surface area (Å²) in [4.78, 5) is 28.1. The summed E-state index contributed by atoms with van der Waals surface area (Å²) in [7, 11) is 0. The Morgan fingerprint density at radius 2 is 1.88 bits per heavy atom. The fraction of sp³-hybridized carbons (Fsp3) is 0.167. The maximum Gasteiger partial charge on any atom is 0.306 e. The highest BCUT2D eigenvalue weighted by molar-refractivity contribution is 9.10. The van der Waals surface area contributed by atoms with Gasteiger partial charge in [-0.05, 0) is 40.2 Å². The normalized spacial score (nSPS) is 10.6. The lowest BCUT2D eigenvalue weighted by Crippen LogP contribution is -2.21. The van der Waals surface area contributed by atoms with Crippen molar-refractivity contribution in [3.63, 3.8) is 0 Å². The average Bonchev–Trinajstić information content (AvgIpc) is 3.03. The van der Waals surface area contributed by atoms with Gasteiger partial charge in [-0.15, -0.1) is 11.3 Å². The summed E-state index contributed by atoms with van der Waals surface area (Å²) >= 11 is 4.91. The van der Waals surface area contributed by atoms with Crippen LogP contribution in [-0.2, 0) is 20.7 Å². The second kappa shape index (κ2) is 8.22. The van der Waals surface area contributed by atoms with Crippen molar-refractivity contribution < 1.29 is 14.3 Å². The van der Waals surface area contributed by atoms with Gasteiger partial charge in [0.15, 0.2) is 6.61 Å². The Morgan fingerprint density at radius 3 is 2.68 bits per heavy atom. The minimum Gasteiger partial charge on any atom is -0.456 e. The zero-order chi connectivity index (χ0) is 17.6. The minimum absolute atomic E-state index is 0.197. The summed E-state index contributed by atoms with van der Waals surface area (Å²) in [6.07, 6.45) is 0.701. The third kappa shape index (κ3) is 4.87. The van der Waals surface area contributed by atoms with E-state index in [-0.39, 0.29) is 18.9 Å². The molecular weight excluding hydrogens is 404 g/mol. The first-order valence-electron chi connectivity index (χ1n) is 7.66. The number of ether oxygens (including phenoxy) is 1. The molecule has 0 spiro atoms. The van der Waals surface area contributed by atoms with E-state index in [2.05, 4.69) is 26.2 Å². The molecule has 3 rings (SSSR count). The molecule has 1 heterocycles. The quantitative estimate of drug-likeness (QED) is 0.609. The van der Waals surface area contributed by atoms with Crippen LogP contribution in [0.2, 0.25) is 0 Å². The molecule has 1 N–H and O–H groups in total. The molecule has 0 saturated carbocycles. The zero-order valence-electron chi connectivity index (χ0n) is 13.2. The molecule has 0 aliphatic rings. The highest BCUT2D eigenvalue weighted by Crippen LogP contribution is 2.23. The van der Waals surface area contributed by atoms with Gasteiger partial charge in [0.25, 0.3) is 5.91 Å². The lowest BCUT2D eigenvalue weighted by atomic mass is 10.3. The summed E-state index contributed by atoms with van der Waals surface area (Å²) in [5.74, 6) is -0.790. The molecule has 0 aliphatic carbocycles. The van der Waals surface area contributed by atoms with E-state index in [1.165, 1.54) is 0 Å². The van der Waals surface area contributed by atoms with E-state index in [1.807, 2.05) is 42.5 Å². The molecule has 0 unspecified atom stereocenters. The van der Waals surface area contributed by atoms with Gasteiger partial charge >= 0.3 is 5.97 Å². The Kier molecular flexibility index (Phi) is 5.78. The number of hydrogen-bond donors (Lipinski definition) is 1. The molecule has 3 aromatic rings. The summed E-state index contributed by atoms with van der Waals surface area (Å²) < 4.78 is 6.89. The van der Waals surface area contributed by atoms with Crippen molar-refractivity contribution in [1.29, 1.82) is 0 Å². The first kappa shape index (κ1) is 17.6. The van der Waals surface area contributed by atoms with E-state index < -0.39 is 5.97 Å². The Balaban J connectivity index is 1.44. The Bertz CT molecular complexity index is 877. The van der Waals surface area contributed by atoms with Crippen molar-refractivity contribution >= 4 is 55.0 Å². The molecule has 0 fully saturated rings. The monoisotopic (exact) mass is 418 g/mol. The zero-order valence-corrected chi connectivity index (χ0v) is 15.6. The number of nitrogens with one attached hydrogen (secondary N) is 1. The van der Waals surface area contributed by atoms with Gasteiger partial charge in [-0.25, -0.2) is 4.98 Å². The largest absolute Gasteiger partial charge is 0.456 e. The number of halogens is 1. The molecule has 2 aromatic carbocycles. The molecule has 0 atom stereocenters. The number of nitrogens with zero attached hydrogens (tertiary/aromatic N) is 1. The van der Waals surface area contributed by atoms with Gasteiger partial charge in [-0.3, -0.25) is 9.59 Å². The van der Waals surface area contributed by atoms with Crippen LogP contribution in [0.25, 0.3) is 10.2 Å². The number of anilines is 1. The van der Waals surface area contributed by atoms with Crippen LogP contribution in [0.4, 0.5) is 5.69 Å². The number of thiazole rings is 1. The first-order chi connectivity index (χ1) is 12.1. The minimum atomic E-state index is -0.415. The number of hydrogen-bond acceptors (Lipinski definition) is 5. The number of carbonyl (C=O) groups is 2. The highest BCUT2D eigenvalue weighted by Gasteiger charge is 2.11. The Hall–Kier alpha value is -2.25. The van der Waals surface area contributed by atoms with E-state index in [0.29, 0.717) is 12.1 Å². The Morgan fingerprint density at radius 1 is 1.12 bits per heavy atom. The molecule has 25 heavy (non-hydrogen) atoms. The van der Waals surface area contributed by atoms with Gasteiger partial charge < -0.3 is 10.1 Å². The van der Waals surface area contributed by atoms with Gasteiger partial charge in [-0.2, -0.15) is 0 Å². The molecule has 0 aliphatic heterocycles. The molecule has 7 heteroatoms. The van der Waals surface area contributed by atoms with E-state index >= 15 is 0 Å². The molecule has 0 saturated heterocycles. The van der Waals surface area contributed by atoms with E-state index in [0.717, 1.165) is 19.7 Å². The third-order valence-corrected chi connectivity index (χ3v) is 5.18. The van der Waals surface area contributed by atoms with Crippen LogP contribution in [0.1, 0.15) is 11.4 Å². The lowest BCUT2D eigenvalue weighted by molar-refractivity contribution is -0.147. The molecule has 128 valence electrons. The number of para-hydroxylation sites is 2. The van der Waals surface area contributed by atoms with Crippen LogP contribution >= 0.6 is 27.3 Å².